The third-order valence-electron chi connectivity index (χ3n) is 4.67. The SMILES string of the molecule is CC(C)(C)Nc1nc(Cc2cc(C(O)C(F)(F)F)ccn2)cc2ccn(CCO)c(=O)c12. The molecule has 1 atom stereocenters. The van der Waals surface area contributed by atoms with Crippen LogP contribution in [0.2, 0.25) is 0 Å². The monoisotopic (exact) mass is 450 g/mol. The average Bonchev–Trinajstić information content (AvgIpc) is 2.67. The average molecular weight is 450 g/mol. The van der Waals surface area contributed by atoms with Gasteiger partial charge in [-0.05, 0) is 56.0 Å². The number of hydrogen-bond acceptors (Lipinski definition) is 6. The van der Waals surface area contributed by atoms with Crippen LogP contribution in [0.3, 0.4) is 0 Å². The maximum absolute atomic E-state index is 12.9. The van der Waals surface area contributed by atoms with Crippen molar-refractivity contribution in [2.24, 2.45) is 0 Å². The predicted molar refractivity (Wildman–Crippen MR) is 115 cm³/mol. The van der Waals surface area contributed by atoms with Gasteiger partial charge in [0.25, 0.3) is 5.56 Å². The molecule has 3 rings (SSSR count). The summed E-state index contributed by atoms with van der Waals surface area (Å²) in [5, 5.41) is 22.9. The summed E-state index contributed by atoms with van der Waals surface area (Å²) in [6.45, 7) is 5.68. The summed E-state index contributed by atoms with van der Waals surface area (Å²) in [5.41, 5.74) is -0.237. The Labute approximate surface area is 182 Å². The number of aliphatic hydroxyl groups excluding tert-OH is 2. The number of fused-ring (bicyclic) bond motifs is 1. The molecule has 3 N–H and O–H groups in total. The van der Waals surface area contributed by atoms with Crippen LogP contribution >= 0.6 is 0 Å². The largest absolute Gasteiger partial charge is 0.418 e. The highest BCUT2D eigenvalue weighted by Gasteiger charge is 2.39. The van der Waals surface area contributed by atoms with Crippen LogP contribution in [-0.4, -0.2) is 43.1 Å². The van der Waals surface area contributed by atoms with E-state index in [2.05, 4.69) is 15.3 Å². The molecule has 0 spiro atoms. The van der Waals surface area contributed by atoms with Crippen LogP contribution in [-0.2, 0) is 13.0 Å². The molecule has 3 heterocycles. The number of nitrogens with zero attached hydrogens (tertiary/aromatic N) is 3. The quantitative estimate of drug-likeness (QED) is 0.534. The maximum Gasteiger partial charge on any atom is 0.418 e. The second-order valence-electron chi connectivity index (χ2n) is 8.54. The van der Waals surface area contributed by atoms with Gasteiger partial charge in [0.05, 0.1) is 12.0 Å². The summed E-state index contributed by atoms with van der Waals surface area (Å²) >= 11 is 0. The lowest BCUT2D eigenvalue weighted by Gasteiger charge is -2.23. The number of halogens is 3. The van der Waals surface area contributed by atoms with Gasteiger partial charge in [0, 0.05) is 42.3 Å². The summed E-state index contributed by atoms with van der Waals surface area (Å²) < 4.78 is 40.0. The smallest absolute Gasteiger partial charge is 0.395 e. The molecule has 1 unspecified atom stereocenters. The van der Waals surface area contributed by atoms with E-state index in [4.69, 9.17) is 0 Å². The van der Waals surface area contributed by atoms with E-state index >= 15 is 0 Å². The van der Waals surface area contributed by atoms with E-state index in [1.54, 1.807) is 18.3 Å². The molecule has 3 aromatic heterocycles. The summed E-state index contributed by atoms with van der Waals surface area (Å²) in [7, 11) is 0. The van der Waals surface area contributed by atoms with Gasteiger partial charge >= 0.3 is 6.18 Å². The first-order valence-electron chi connectivity index (χ1n) is 10.0. The van der Waals surface area contributed by atoms with Crippen molar-refractivity contribution in [1.29, 1.82) is 0 Å². The van der Waals surface area contributed by atoms with E-state index in [9.17, 15) is 28.2 Å². The van der Waals surface area contributed by atoms with Crippen LogP contribution in [0, 0.1) is 0 Å². The van der Waals surface area contributed by atoms with E-state index in [0.29, 0.717) is 28.0 Å². The number of aromatic nitrogens is 3. The topological polar surface area (TPSA) is 100 Å². The molecular formula is C22H25F3N4O3. The van der Waals surface area contributed by atoms with Gasteiger partial charge in [-0.1, -0.05) is 0 Å². The number of nitrogens with one attached hydrogen (secondary N) is 1. The highest BCUT2D eigenvalue weighted by atomic mass is 19.4. The minimum Gasteiger partial charge on any atom is -0.395 e. The molecule has 32 heavy (non-hydrogen) atoms. The Bertz CT molecular complexity index is 1170. The molecule has 10 heteroatoms. The minimum absolute atomic E-state index is 0.104. The summed E-state index contributed by atoms with van der Waals surface area (Å²) in [6.07, 6.45) is -4.49. The van der Waals surface area contributed by atoms with Crippen molar-refractivity contribution < 1.29 is 23.4 Å². The van der Waals surface area contributed by atoms with E-state index < -0.39 is 17.8 Å². The van der Waals surface area contributed by atoms with Gasteiger partial charge in [-0.3, -0.25) is 9.78 Å². The van der Waals surface area contributed by atoms with Crippen LogP contribution in [0.5, 0.6) is 0 Å². The molecule has 172 valence electrons. The Hall–Kier alpha value is -2.98. The van der Waals surface area contributed by atoms with Crippen molar-refractivity contribution in [3.8, 4) is 0 Å². The van der Waals surface area contributed by atoms with Gasteiger partial charge in [0.15, 0.2) is 6.10 Å². The number of alkyl halides is 3. The van der Waals surface area contributed by atoms with Crippen molar-refractivity contribution >= 4 is 16.6 Å². The molecule has 0 saturated heterocycles. The number of anilines is 1. The maximum atomic E-state index is 12.9. The van der Waals surface area contributed by atoms with Crippen molar-refractivity contribution in [3.63, 3.8) is 0 Å². The van der Waals surface area contributed by atoms with Crippen molar-refractivity contribution in [3.05, 3.63) is 64.0 Å². The van der Waals surface area contributed by atoms with Gasteiger partial charge in [-0.25, -0.2) is 4.98 Å². The normalized spacial score (nSPS) is 13.4. The van der Waals surface area contributed by atoms with Crippen LogP contribution in [0.15, 0.2) is 41.5 Å². The fourth-order valence-corrected chi connectivity index (χ4v) is 3.32. The van der Waals surface area contributed by atoms with Crippen molar-refractivity contribution in [1.82, 2.24) is 14.5 Å². The Balaban J connectivity index is 2.07. The minimum atomic E-state index is -4.78. The zero-order chi connectivity index (χ0) is 23.7. The summed E-state index contributed by atoms with van der Waals surface area (Å²) in [5.74, 6) is 0.341. The Morgan fingerprint density at radius 3 is 2.50 bits per heavy atom. The third kappa shape index (κ3) is 5.43. The van der Waals surface area contributed by atoms with E-state index in [0.717, 1.165) is 6.07 Å². The van der Waals surface area contributed by atoms with E-state index in [1.165, 1.54) is 16.8 Å². The van der Waals surface area contributed by atoms with Gasteiger partial charge in [0.1, 0.15) is 5.82 Å². The number of hydrogen-bond donors (Lipinski definition) is 3. The molecule has 0 bridgehead atoms. The molecule has 3 aromatic rings. The highest BCUT2D eigenvalue weighted by molar-refractivity contribution is 5.91. The lowest BCUT2D eigenvalue weighted by Crippen LogP contribution is -2.29. The van der Waals surface area contributed by atoms with Crippen LogP contribution in [0.4, 0.5) is 19.0 Å². The number of rotatable bonds is 6. The molecule has 0 amide bonds. The van der Waals surface area contributed by atoms with Gasteiger partial charge in [-0.15, -0.1) is 0 Å². The summed E-state index contributed by atoms with van der Waals surface area (Å²) in [4.78, 5) is 21.6. The molecule has 0 aromatic carbocycles. The lowest BCUT2D eigenvalue weighted by atomic mass is 10.1. The number of pyridine rings is 3. The van der Waals surface area contributed by atoms with Crippen molar-refractivity contribution in [2.45, 2.75) is 51.6 Å². The van der Waals surface area contributed by atoms with Crippen LogP contribution < -0.4 is 10.9 Å². The predicted octanol–water partition coefficient (Wildman–Crippen LogP) is 3.18. The first kappa shape index (κ1) is 23.7. The Morgan fingerprint density at radius 2 is 1.88 bits per heavy atom. The lowest BCUT2D eigenvalue weighted by molar-refractivity contribution is -0.206. The fraction of sp³-hybridized carbons (Fsp3) is 0.409. The zero-order valence-corrected chi connectivity index (χ0v) is 17.9. The Morgan fingerprint density at radius 1 is 1.16 bits per heavy atom. The molecule has 0 fully saturated rings. The molecular weight excluding hydrogens is 425 g/mol. The first-order chi connectivity index (χ1) is 14.9. The fourth-order valence-electron chi connectivity index (χ4n) is 3.32. The summed E-state index contributed by atoms with van der Waals surface area (Å²) in [6, 6.07) is 5.72. The third-order valence-corrected chi connectivity index (χ3v) is 4.67. The number of aliphatic hydroxyl groups is 2. The molecule has 0 aliphatic heterocycles. The molecule has 0 saturated carbocycles. The molecule has 0 aliphatic rings. The second kappa shape index (κ2) is 8.87. The van der Waals surface area contributed by atoms with Crippen molar-refractivity contribution in [2.75, 3.05) is 11.9 Å². The zero-order valence-electron chi connectivity index (χ0n) is 17.9. The van der Waals surface area contributed by atoms with E-state index in [1.807, 2.05) is 20.8 Å². The Kier molecular flexibility index (Phi) is 6.56. The van der Waals surface area contributed by atoms with E-state index in [-0.39, 0.29) is 30.7 Å². The molecule has 7 nitrogen and oxygen atoms in total. The van der Waals surface area contributed by atoms with Gasteiger partial charge in [0.2, 0.25) is 0 Å². The van der Waals surface area contributed by atoms with Crippen LogP contribution in [0.25, 0.3) is 10.8 Å². The standard InChI is InChI=1S/C22H25F3N4O3/c1-21(2,3)28-19-17-13(5-7-29(8-9-30)20(17)32)10-16(27-19)12-15-11-14(4-6-26-15)18(31)22(23,24)25/h4-7,10-11,18,30-31H,8-9,12H2,1-3H3,(H,27,28). The van der Waals surface area contributed by atoms with Gasteiger partial charge < -0.3 is 20.1 Å². The van der Waals surface area contributed by atoms with Crippen LogP contribution in [0.1, 0.15) is 43.8 Å². The first-order valence-corrected chi connectivity index (χ1v) is 10.0. The highest BCUT2D eigenvalue weighted by Crippen LogP contribution is 2.32. The van der Waals surface area contributed by atoms with Gasteiger partial charge in [-0.2, -0.15) is 13.2 Å². The molecule has 0 aliphatic carbocycles. The second-order valence-corrected chi connectivity index (χ2v) is 8.54. The molecule has 0 radical (unpaired) electrons.